The number of hydrogen-bond donors (Lipinski definition) is 0. The van der Waals surface area contributed by atoms with Gasteiger partial charge in [-0.3, -0.25) is 0 Å². The summed E-state index contributed by atoms with van der Waals surface area (Å²) in [5.41, 5.74) is 1.49. The van der Waals surface area contributed by atoms with Crippen molar-refractivity contribution in [3.63, 3.8) is 0 Å². The maximum atomic E-state index is 13.0. The van der Waals surface area contributed by atoms with E-state index in [9.17, 15) is 8.42 Å². The van der Waals surface area contributed by atoms with Crippen LogP contribution in [0.5, 0.6) is 0 Å². The van der Waals surface area contributed by atoms with Crippen LogP contribution in [0.15, 0.2) is 59.5 Å². The fourth-order valence-electron chi connectivity index (χ4n) is 2.39. The molecule has 4 nitrogen and oxygen atoms in total. The molecule has 0 atom stereocenters. The Kier molecular flexibility index (Phi) is 3.57. The molecule has 1 fully saturated rings. The van der Waals surface area contributed by atoms with Gasteiger partial charge in [0.15, 0.2) is 0 Å². The van der Waals surface area contributed by atoms with Crippen molar-refractivity contribution in [1.29, 1.82) is 0 Å². The van der Waals surface area contributed by atoms with Gasteiger partial charge in [0.05, 0.1) is 18.1 Å². The molecule has 1 aliphatic heterocycles. The first-order chi connectivity index (χ1) is 10.1. The van der Waals surface area contributed by atoms with E-state index in [2.05, 4.69) is 0 Å². The van der Waals surface area contributed by atoms with Crippen molar-refractivity contribution in [2.45, 2.75) is 16.9 Å². The van der Waals surface area contributed by atoms with Crippen molar-refractivity contribution in [3.8, 4) is 0 Å². The highest BCUT2D eigenvalue weighted by atomic mass is 32.2. The number of ether oxygens (including phenoxy) is 2. The Morgan fingerprint density at radius 3 is 2.05 bits per heavy atom. The molecular weight excluding hydrogens is 288 g/mol. The monoisotopic (exact) mass is 304 g/mol. The van der Waals surface area contributed by atoms with Crippen LogP contribution in [0.1, 0.15) is 11.1 Å². The Hall–Kier alpha value is -1.69. The van der Waals surface area contributed by atoms with Crippen molar-refractivity contribution in [3.05, 3.63) is 65.7 Å². The predicted octanol–water partition coefficient (Wildman–Crippen LogP) is 2.63. The van der Waals surface area contributed by atoms with Crippen LogP contribution in [-0.2, 0) is 24.4 Å². The molecule has 0 saturated carbocycles. The molecule has 1 heterocycles. The maximum Gasteiger partial charge on any atom is 0.306 e. The lowest BCUT2D eigenvalue weighted by Crippen LogP contribution is -2.37. The minimum Gasteiger partial charge on any atom is -0.331 e. The van der Waals surface area contributed by atoms with Crippen molar-refractivity contribution in [2.24, 2.45) is 0 Å². The quantitative estimate of drug-likeness (QED) is 0.874. The lowest BCUT2D eigenvalue weighted by atomic mass is 10.2. The fraction of sp³-hybridized carbons (Fsp3) is 0.250. The van der Waals surface area contributed by atoms with Crippen LogP contribution in [0, 0.1) is 6.92 Å². The van der Waals surface area contributed by atoms with E-state index in [0.717, 1.165) is 5.56 Å². The zero-order valence-electron chi connectivity index (χ0n) is 11.7. The topological polar surface area (TPSA) is 52.6 Å². The summed E-state index contributed by atoms with van der Waals surface area (Å²) in [6, 6.07) is 15.5. The Morgan fingerprint density at radius 2 is 1.48 bits per heavy atom. The van der Waals surface area contributed by atoms with Gasteiger partial charge in [-0.05, 0) is 19.1 Å². The Balaban J connectivity index is 2.15. The molecule has 0 radical (unpaired) electrons. The van der Waals surface area contributed by atoms with E-state index in [4.69, 9.17) is 9.47 Å². The molecule has 0 aliphatic carbocycles. The van der Waals surface area contributed by atoms with Gasteiger partial charge in [0.1, 0.15) is 0 Å². The summed E-state index contributed by atoms with van der Waals surface area (Å²) >= 11 is 0. The van der Waals surface area contributed by atoms with E-state index in [-0.39, 0.29) is 18.1 Å². The number of rotatable bonds is 3. The van der Waals surface area contributed by atoms with Gasteiger partial charge < -0.3 is 9.47 Å². The summed E-state index contributed by atoms with van der Waals surface area (Å²) in [7, 11) is -3.81. The van der Waals surface area contributed by atoms with Crippen LogP contribution >= 0.6 is 0 Å². The van der Waals surface area contributed by atoms with Crippen LogP contribution in [0.3, 0.4) is 0 Å². The third-order valence-electron chi connectivity index (χ3n) is 3.48. The van der Waals surface area contributed by atoms with Crippen molar-refractivity contribution in [1.82, 2.24) is 0 Å². The highest BCUT2D eigenvalue weighted by Crippen LogP contribution is 2.40. The molecular formula is C16H16O4S. The molecule has 0 N–H and O–H groups in total. The maximum absolute atomic E-state index is 13.0. The first-order valence-corrected chi connectivity index (χ1v) is 8.19. The van der Waals surface area contributed by atoms with Gasteiger partial charge in [-0.15, -0.1) is 0 Å². The molecule has 0 aromatic heterocycles. The van der Waals surface area contributed by atoms with Crippen molar-refractivity contribution < 1.29 is 17.9 Å². The summed E-state index contributed by atoms with van der Waals surface area (Å²) in [5.74, 6) is 0. The molecule has 21 heavy (non-hydrogen) atoms. The van der Waals surface area contributed by atoms with Gasteiger partial charge in [-0.25, -0.2) is 8.42 Å². The smallest absolute Gasteiger partial charge is 0.306 e. The fourth-order valence-corrected chi connectivity index (χ4v) is 4.11. The molecule has 0 amide bonds. The van der Waals surface area contributed by atoms with Gasteiger partial charge in [0.25, 0.3) is 0 Å². The van der Waals surface area contributed by atoms with E-state index in [1.54, 1.807) is 48.5 Å². The number of aryl methyl sites for hydroxylation is 1. The first-order valence-electron chi connectivity index (χ1n) is 6.71. The summed E-state index contributed by atoms with van der Waals surface area (Å²) in [5, 5.41) is -1.75. The van der Waals surface area contributed by atoms with Gasteiger partial charge in [-0.1, -0.05) is 48.0 Å². The molecule has 0 unspecified atom stereocenters. The highest BCUT2D eigenvalue weighted by Gasteiger charge is 2.52. The lowest BCUT2D eigenvalue weighted by Gasteiger charge is -2.27. The van der Waals surface area contributed by atoms with Gasteiger partial charge in [0, 0.05) is 5.56 Å². The third kappa shape index (κ3) is 2.27. The van der Waals surface area contributed by atoms with Crippen LogP contribution in [0.4, 0.5) is 0 Å². The zero-order chi connectivity index (χ0) is 14.9. The minimum absolute atomic E-state index is 0.193. The van der Waals surface area contributed by atoms with Crippen LogP contribution in [0.2, 0.25) is 0 Å². The Morgan fingerprint density at radius 1 is 0.905 bits per heavy atom. The van der Waals surface area contributed by atoms with Gasteiger partial charge in [-0.2, -0.15) is 0 Å². The lowest BCUT2D eigenvalue weighted by molar-refractivity contribution is -0.0903. The van der Waals surface area contributed by atoms with E-state index >= 15 is 0 Å². The molecule has 2 aromatic carbocycles. The zero-order valence-corrected chi connectivity index (χ0v) is 12.5. The summed E-state index contributed by atoms with van der Waals surface area (Å²) < 4.78 is 37.2. The van der Waals surface area contributed by atoms with Gasteiger partial charge >= 0.3 is 5.12 Å². The summed E-state index contributed by atoms with van der Waals surface area (Å²) in [6.45, 7) is 2.41. The SMILES string of the molecule is Cc1ccc(S(=O)(=O)C2(c3ccccc3)OCCO2)cc1. The largest absolute Gasteiger partial charge is 0.331 e. The summed E-state index contributed by atoms with van der Waals surface area (Å²) in [6.07, 6.45) is 0. The van der Waals surface area contributed by atoms with Crippen LogP contribution < -0.4 is 0 Å². The number of hydrogen-bond acceptors (Lipinski definition) is 4. The molecule has 0 spiro atoms. The second-order valence-electron chi connectivity index (χ2n) is 4.94. The molecule has 3 rings (SSSR count). The Labute approximate surface area is 124 Å². The molecule has 2 aromatic rings. The van der Waals surface area contributed by atoms with E-state index in [1.807, 2.05) is 13.0 Å². The second-order valence-corrected chi connectivity index (χ2v) is 6.95. The molecule has 5 heteroatoms. The molecule has 0 bridgehead atoms. The van der Waals surface area contributed by atoms with E-state index in [1.165, 1.54) is 0 Å². The molecule has 110 valence electrons. The van der Waals surface area contributed by atoms with Crippen molar-refractivity contribution >= 4 is 9.84 Å². The van der Waals surface area contributed by atoms with E-state index in [0.29, 0.717) is 5.56 Å². The van der Waals surface area contributed by atoms with E-state index < -0.39 is 15.0 Å². The average Bonchev–Trinajstić information content (AvgIpc) is 3.00. The molecule has 1 saturated heterocycles. The van der Waals surface area contributed by atoms with Crippen LogP contribution in [-0.4, -0.2) is 21.6 Å². The standard InChI is InChI=1S/C16H16O4S/c1-13-7-9-15(10-8-13)21(17,18)16(19-11-12-20-16)14-5-3-2-4-6-14/h2-10H,11-12H2,1H3. The molecule has 1 aliphatic rings. The normalized spacial score (nSPS) is 17.8. The second kappa shape index (κ2) is 5.26. The average molecular weight is 304 g/mol. The van der Waals surface area contributed by atoms with Crippen molar-refractivity contribution in [2.75, 3.05) is 13.2 Å². The number of benzene rings is 2. The first kappa shape index (κ1) is 14.3. The Bertz CT molecular complexity index is 715. The van der Waals surface area contributed by atoms with Gasteiger partial charge in [0.2, 0.25) is 9.84 Å². The number of sulfone groups is 1. The third-order valence-corrected chi connectivity index (χ3v) is 5.55. The highest BCUT2D eigenvalue weighted by molar-refractivity contribution is 7.92. The predicted molar refractivity (Wildman–Crippen MR) is 78.4 cm³/mol. The minimum atomic E-state index is -3.81. The summed E-state index contributed by atoms with van der Waals surface area (Å²) in [4.78, 5) is 0.193. The van der Waals surface area contributed by atoms with Crippen LogP contribution in [0.25, 0.3) is 0 Å².